The predicted molar refractivity (Wildman–Crippen MR) is 105 cm³/mol. The Labute approximate surface area is 174 Å². The molecule has 0 bridgehead atoms. The van der Waals surface area contributed by atoms with Gasteiger partial charge in [0.2, 0.25) is 5.91 Å². The lowest BCUT2D eigenvalue weighted by atomic mass is 10.0. The number of halogens is 2. The Kier molecular flexibility index (Phi) is 6.37. The number of carbonyl (C=O) groups excluding carboxylic acids is 2. The molecule has 1 aromatic rings. The molecule has 2 saturated heterocycles. The molecule has 0 aromatic heterocycles. The van der Waals surface area contributed by atoms with Gasteiger partial charge >= 0.3 is 0 Å². The Morgan fingerprint density at radius 3 is 2.41 bits per heavy atom. The van der Waals surface area contributed by atoms with Gasteiger partial charge in [0, 0.05) is 24.5 Å². The number of hydrogen-bond donors (Lipinski definition) is 1. The third-order valence-corrected chi connectivity index (χ3v) is 6.24. The van der Waals surface area contributed by atoms with Gasteiger partial charge in [-0.2, -0.15) is 0 Å². The molecule has 1 aromatic carbocycles. The van der Waals surface area contributed by atoms with Crippen LogP contribution >= 0.6 is 11.6 Å². The minimum Gasteiger partial charge on any atom is -0.371 e. The number of carbonyl (C=O) groups is 2. The summed E-state index contributed by atoms with van der Waals surface area (Å²) in [7, 11) is 0. The van der Waals surface area contributed by atoms with Crippen LogP contribution in [-0.4, -0.2) is 61.3 Å². The topological polar surface area (TPSA) is 67.9 Å². The van der Waals surface area contributed by atoms with Gasteiger partial charge in [-0.05, 0) is 37.0 Å². The zero-order chi connectivity index (χ0) is 20.4. The summed E-state index contributed by atoms with van der Waals surface area (Å²) in [5.74, 6) is -0.492. The summed E-state index contributed by atoms with van der Waals surface area (Å²) in [5, 5.41) is 3.26. The van der Waals surface area contributed by atoms with Crippen LogP contribution in [0.15, 0.2) is 18.2 Å². The second-order valence-corrected chi connectivity index (χ2v) is 8.63. The maximum Gasteiger partial charge on any atom is 0.257 e. The first-order valence-electron chi connectivity index (χ1n) is 10.3. The van der Waals surface area contributed by atoms with E-state index in [1.54, 1.807) is 4.90 Å². The zero-order valence-corrected chi connectivity index (χ0v) is 17.0. The van der Waals surface area contributed by atoms with E-state index in [0.29, 0.717) is 38.6 Å². The largest absolute Gasteiger partial charge is 0.371 e. The Hall–Kier alpha value is -1.70. The summed E-state index contributed by atoms with van der Waals surface area (Å²) in [5.41, 5.74) is -0.0112. The lowest BCUT2D eigenvalue weighted by molar-refractivity contribution is -0.123. The van der Waals surface area contributed by atoms with E-state index in [1.807, 2.05) is 0 Å². The number of rotatable bonds is 4. The Morgan fingerprint density at radius 2 is 1.79 bits per heavy atom. The van der Waals surface area contributed by atoms with Gasteiger partial charge in [-0.25, -0.2) is 4.39 Å². The lowest BCUT2D eigenvalue weighted by Crippen LogP contribution is -2.42. The van der Waals surface area contributed by atoms with E-state index in [2.05, 4.69) is 5.32 Å². The smallest absolute Gasteiger partial charge is 0.257 e. The lowest BCUT2D eigenvalue weighted by Gasteiger charge is -2.20. The molecule has 2 aliphatic heterocycles. The van der Waals surface area contributed by atoms with Gasteiger partial charge in [0.05, 0.1) is 24.8 Å². The molecule has 1 aliphatic carbocycles. The first-order valence-corrected chi connectivity index (χ1v) is 10.6. The molecule has 158 valence electrons. The van der Waals surface area contributed by atoms with Crippen molar-refractivity contribution < 1.29 is 23.5 Å². The molecule has 3 aliphatic rings. The van der Waals surface area contributed by atoms with Crippen LogP contribution in [0, 0.1) is 11.7 Å². The van der Waals surface area contributed by atoms with Crippen LogP contribution < -0.4 is 5.32 Å². The van der Waals surface area contributed by atoms with Crippen molar-refractivity contribution in [1.29, 1.82) is 0 Å². The van der Waals surface area contributed by atoms with Crippen molar-refractivity contribution in [3.8, 4) is 0 Å². The monoisotopic (exact) mass is 424 g/mol. The quantitative estimate of drug-likeness (QED) is 0.807. The summed E-state index contributed by atoms with van der Waals surface area (Å²) < 4.78 is 25.9. The van der Waals surface area contributed by atoms with Gasteiger partial charge in [-0.3, -0.25) is 9.59 Å². The highest BCUT2D eigenvalue weighted by Crippen LogP contribution is 2.28. The van der Waals surface area contributed by atoms with Crippen molar-refractivity contribution in [3.05, 3.63) is 34.6 Å². The summed E-state index contributed by atoms with van der Waals surface area (Å²) in [6, 6.07) is 3.84. The minimum atomic E-state index is -0.638. The van der Waals surface area contributed by atoms with Gasteiger partial charge in [-0.1, -0.05) is 24.4 Å². The van der Waals surface area contributed by atoms with Crippen LogP contribution in [0.1, 0.15) is 42.5 Å². The molecule has 3 fully saturated rings. The number of fused-ring (bicyclic) bond motifs is 1. The third-order valence-electron chi connectivity index (χ3n) is 6.00. The molecule has 6 nitrogen and oxygen atoms in total. The molecule has 2 heterocycles. The van der Waals surface area contributed by atoms with E-state index >= 15 is 0 Å². The fourth-order valence-corrected chi connectivity index (χ4v) is 4.60. The highest BCUT2D eigenvalue weighted by Gasteiger charge is 2.40. The average molecular weight is 425 g/mol. The second kappa shape index (κ2) is 8.98. The normalized spacial score (nSPS) is 25.7. The van der Waals surface area contributed by atoms with E-state index in [0.717, 1.165) is 18.9 Å². The Balaban J connectivity index is 1.29. The highest BCUT2D eigenvalue weighted by atomic mass is 35.5. The molecular formula is C21H26ClFN2O4. The van der Waals surface area contributed by atoms with E-state index < -0.39 is 11.7 Å². The molecule has 0 spiro atoms. The average Bonchev–Trinajstić information content (AvgIpc) is 3.29. The maximum atomic E-state index is 14.1. The third kappa shape index (κ3) is 4.90. The van der Waals surface area contributed by atoms with Crippen molar-refractivity contribution in [1.82, 2.24) is 10.2 Å². The molecule has 0 radical (unpaired) electrons. The minimum absolute atomic E-state index is 0.0112. The van der Waals surface area contributed by atoms with Crippen molar-refractivity contribution >= 4 is 23.4 Å². The molecular weight excluding hydrogens is 399 g/mol. The molecule has 1 N–H and O–H groups in total. The number of benzene rings is 1. The summed E-state index contributed by atoms with van der Waals surface area (Å²) in [6.45, 7) is 1.34. The first kappa shape index (κ1) is 20.6. The van der Waals surface area contributed by atoms with Gasteiger partial charge in [0.25, 0.3) is 5.91 Å². The van der Waals surface area contributed by atoms with Crippen LogP contribution in [0.4, 0.5) is 4.39 Å². The number of amides is 2. The molecule has 8 heteroatoms. The Bertz CT molecular complexity index is 755. The van der Waals surface area contributed by atoms with E-state index in [4.69, 9.17) is 21.1 Å². The number of nitrogens with one attached hydrogen (secondary N) is 1. The van der Waals surface area contributed by atoms with E-state index in [1.165, 1.54) is 25.0 Å². The van der Waals surface area contributed by atoms with Gasteiger partial charge in [-0.15, -0.1) is 0 Å². The van der Waals surface area contributed by atoms with Gasteiger partial charge in [0.1, 0.15) is 18.0 Å². The molecule has 2 amide bonds. The number of ether oxygens (including phenoxy) is 2. The zero-order valence-electron chi connectivity index (χ0n) is 16.2. The van der Waals surface area contributed by atoms with Crippen LogP contribution in [0.25, 0.3) is 0 Å². The Morgan fingerprint density at radius 1 is 1.14 bits per heavy atom. The second-order valence-electron chi connectivity index (χ2n) is 8.20. The van der Waals surface area contributed by atoms with Crippen LogP contribution in [0.3, 0.4) is 0 Å². The molecule has 29 heavy (non-hydrogen) atoms. The number of nitrogens with zero attached hydrogens (tertiary/aromatic N) is 1. The van der Waals surface area contributed by atoms with Crippen LogP contribution in [0.5, 0.6) is 0 Å². The standard InChI is InChI=1S/C21H26ClFN2O4/c22-14-5-6-16(17(23)8-14)21(27)25-9-18-19(10-25)29-12-15(11-28-18)24-20(26)7-13-3-1-2-4-13/h5-6,8,13,15,18-19H,1-4,7,9-12H2,(H,24,26)/t18-,19-/m0/s1. The van der Waals surface area contributed by atoms with Crippen LogP contribution in [0.2, 0.25) is 5.02 Å². The fourth-order valence-electron chi connectivity index (χ4n) is 4.44. The van der Waals surface area contributed by atoms with Crippen molar-refractivity contribution in [3.63, 3.8) is 0 Å². The van der Waals surface area contributed by atoms with Crippen molar-refractivity contribution in [2.24, 2.45) is 5.92 Å². The summed E-state index contributed by atoms with van der Waals surface area (Å²) in [4.78, 5) is 26.5. The van der Waals surface area contributed by atoms with Crippen molar-refractivity contribution in [2.75, 3.05) is 26.3 Å². The maximum absolute atomic E-state index is 14.1. The number of hydrogen-bond acceptors (Lipinski definition) is 4. The molecule has 2 atom stereocenters. The van der Waals surface area contributed by atoms with Gasteiger partial charge < -0.3 is 19.7 Å². The first-order chi connectivity index (χ1) is 14.0. The van der Waals surface area contributed by atoms with Gasteiger partial charge in [0.15, 0.2) is 0 Å². The SMILES string of the molecule is O=C(CC1CCCC1)NC1CO[C@H]2CN(C(=O)c3ccc(Cl)cc3F)C[C@@H]2OC1. The number of likely N-dealkylation sites (tertiary alicyclic amines) is 1. The summed E-state index contributed by atoms with van der Waals surface area (Å²) in [6.07, 6.45) is 4.69. The molecule has 4 rings (SSSR count). The van der Waals surface area contributed by atoms with Crippen LogP contribution in [-0.2, 0) is 14.3 Å². The summed E-state index contributed by atoms with van der Waals surface area (Å²) >= 11 is 5.76. The molecule has 0 unspecified atom stereocenters. The fraction of sp³-hybridized carbons (Fsp3) is 0.619. The highest BCUT2D eigenvalue weighted by molar-refractivity contribution is 6.30. The molecule has 1 saturated carbocycles. The predicted octanol–water partition coefficient (Wildman–Crippen LogP) is 2.78. The van der Waals surface area contributed by atoms with Crippen molar-refractivity contribution in [2.45, 2.75) is 50.4 Å². The van der Waals surface area contributed by atoms with E-state index in [-0.39, 0.29) is 34.7 Å². The van der Waals surface area contributed by atoms with E-state index in [9.17, 15) is 14.0 Å².